The summed E-state index contributed by atoms with van der Waals surface area (Å²) in [7, 11) is 0. The van der Waals surface area contributed by atoms with E-state index in [9.17, 15) is 24.6 Å². The van der Waals surface area contributed by atoms with Crippen molar-refractivity contribution in [2.24, 2.45) is 23.7 Å². The number of aliphatic hydroxyl groups excluding tert-OH is 1. The number of hydrogen-bond acceptors (Lipinski definition) is 5. The minimum atomic E-state index is -0.997. The molecular formula is C25H31ClN2O5S. The molecule has 0 saturated carbocycles. The molecule has 1 aromatic carbocycles. The van der Waals surface area contributed by atoms with E-state index >= 15 is 0 Å². The lowest BCUT2D eigenvalue weighted by Gasteiger charge is -2.42. The molecule has 7 atom stereocenters. The number of benzene rings is 1. The molecule has 0 aromatic heterocycles. The molecule has 7 nitrogen and oxygen atoms in total. The first-order chi connectivity index (χ1) is 16.1. The van der Waals surface area contributed by atoms with Crippen LogP contribution >= 0.6 is 23.4 Å². The Hall–Kier alpha value is -2.03. The first-order valence-corrected chi connectivity index (χ1v) is 12.9. The molecule has 1 aromatic rings. The zero-order chi connectivity index (χ0) is 24.9. The van der Waals surface area contributed by atoms with Crippen LogP contribution in [0, 0.1) is 23.7 Å². The molecule has 0 aliphatic carbocycles. The van der Waals surface area contributed by atoms with Crippen LogP contribution in [0.4, 0.5) is 5.69 Å². The van der Waals surface area contributed by atoms with Crippen LogP contribution < -0.4 is 4.90 Å². The molecule has 2 bridgehead atoms. The fourth-order valence-electron chi connectivity index (χ4n) is 6.22. The summed E-state index contributed by atoms with van der Waals surface area (Å²) in [6.07, 6.45) is 2.26. The van der Waals surface area contributed by atoms with Gasteiger partial charge in [-0.1, -0.05) is 38.4 Å². The van der Waals surface area contributed by atoms with E-state index in [1.54, 1.807) is 35.2 Å². The fraction of sp³-hybridized carbons (Fsp3) is 0.560. The van der Waals surface area contributed by atoms with Gasteiger partial charge in [-0.3, -0.25) is 14.4 Å². The van der Waals surface area contributed by atoms with Gasteiger partial charge in [-0.15, -0.1) is 18.3 Å². The Balaban J connectivity index is 1.87. The number of carboxylic acids is 1. The van der Waals surface area contributed by atoms with Gasteiger partial charge in [0.1, 0.15) is 6.04 Å². The molecule has 4 rings (SSSR count). The van der Waals surface area contributed by atoms with E-state index < -0.39 is 34.6 Å². The normalized spacial score (nSPS) is 32.7. The summed E-state index contributed by atoms with van der Waals surface area (Å²) in [5.74, 6) is -3.43. The van der Waals surface area contributed by atoms with Gasteiger partial charge in [0.05, 0.1) is 29.2 Å². The van der Waals surface area contributed by atoms with Gasteiger partial charge in [0.15, 0.2) is 0 Å². The van der Waals surface area contributed by atoms with Crippen LogP contribution in [-0.4, -0.2) is 68.1 Å². The largest absolute Gasteiger partial charge is 0.481 e. The van der Waals surface area contributed by atoms with Crippen LogP contribution in [0.2, 0.25) is 5.02 Å². The van der Waals surface area contributed by atoms with E-state index in [2.05, 4.69) is 6.58 Å². The van der Waals surface area contributed by atoms with Crippen LogP contribution in [0.25, 0.3) is 0 Å². The van der Waals surface area contributed by atoms with Crippen LogP contribution in [0.1, 0.15) is 27.2 Å². The summed E-state index contributed by atoms with van der Waals surface area (Å²) < 4.78 is -0.865. The van der Waals surface area contributed by atoms with Crippen molar-refractivity contribution in [1.29, 1.82) is 0 Å². The lowest BCUT2D eigenvalue weighted by atomic mass is 9.66. The average molecular weight is 507 g/mol. The van der Waals surface area contributed by atoms with Crippen molar-refractivity contribution in [3.8, 4) is 0 Å². The second-order valence-electron chi connectivity index (χ2n) is 9.84. The maximum absolute atomic E-state index is 14.4. The second-order valence-corrected chi connectivity index (χ2v) is 11.8. The second kappa shape index (κ2) is 9.21. The maximum Gasteiger partial charge on any atom is 0.308 e. The highest BCUT2D eigenvalue weighted by atomic mass is 35.5. The molecule has 3 aliphatic rings. The number of thioether (sulfide) groups is 1. The Morgan fingerprint density at radius 3 is 2.53 bits per heavy atom. The van der Waals surface area contributed by atoms with Gasteiger partial charge in [-0.25, -0.2) is 0 Å². The average Bonchev–Trinajstić information content (AvgIpc) is 3.37. The van der Waals surface area contributed by atoms with Crippen LogP contribution in [0.3, 0.4) is 0 Å². The van der Waals surface area contributed by atoms with E-state index in [1.165, 1.54) is 16.7 Å². The van der Waals surface area contributed by atoms with Crippen molar-refractivity contribution in [3.05, 3.63) is 41.9 Å². The first kappa shape index (κ1) is 25.1. The van der Waals surface area contributed by atoms with Gasteiger partial charge in [0.25, 0.3) is 5.91 Å². The van der Waals surface area contributed by atoms with Gasteiger partial charge in [0, 0.05) is 22.5 Å². The monoisotopic (exact) mass is 506 g/mol. The summed E-state index contributed by atoms with van der Waals surface area (Å²) in [6.45, 7) is 9.52. The van der Waals surface area contributed by atoms with Crippen molar-refractivity contribution >= 4 is 46.8 Å². The number of aliphatic carboxylic acids is 1. The van der Waals surface area contributed by atoms with Gasteiger partial charge < -0.3 is 20.0 Å². The number of halogens is 1. The summed E-state index contributed by atoms with van der Waals surface area (Å²) in [5.41, 5.74) is 0.617. The van der Waals surface area contributed by atoms with E-state index in [1.807, 2.05) is 20.8 Å². The van der Waals surface area contributed by atoms with Crippen LogP contribution in [-0.2, 0) is 14.4 Å². The van der Waals surface area contributed by atoms with Gasteiger partial charge in [-0.05, 0) is 42.5 Å². The van der Waals surface area contributed by atoms with Crippen molar-refractivity contribution in [2.75, 3.05) is 18.1 Å². The quantitative estimate of drug-likeness (QED) is 0.525. The number of rotatable bonds is 8. The molecular weight excluding hydrogens is 476 g/mol. The van der Waals surface area contributed by atoms with Gasteiger partial charge in [0.2, 0.25) is 5.91 Å². The Kier molecular flexibility index (Phi) is 6.79. The number of carbonyl (C=O) groups is 3. The number of anilines is 1. The lowest BCUT2D eigenvalue weighted by Crippen LogP contribution is -2.60. The molecule has 3 unspecified atom stereocenters. The van der Waals surface area contributed by atoms with E-state index in [-0.39, 0.29) is 42.1 Å². The molecule has 3 saturated heterocycles. The number of amides is 2. The van der Waals surface area contributed by atoms with E-state index in [4.69, 9.17) is 11.6 Å². The Morgan fingerprint density at radius 1 is 1.35 bits per heavy atom. The molecule has 0 radical (unpaired) electrons. The highest BCUT2D eigenvalue weighted by molar-refractivity contribution is 8.02. The predicted molar refractivity (Wildman–Crippen MR) is 133 cm³/mol. The fourth-order valence-corrected chi connectivity index (χ4v) is 8.74. The first-order valence-electron chi connectivity index (χ1n) is 11.6. The summed E-state index contributed by atoms with van der Waals surface area (Å²) in [6, 6.07) is 5.39. The zero-order valence-corrected chi connectivity index (χ0v) is 21.1. The molecule has 2 amide bonds. The van der Waals surface area contributed by atoms with Gasteiger partial charge >= 0.3 is 5.97 Å². The summed E-state index contributed by atoms with van der Waals surface area (Å²) >= 11 is 7.55. The molecule has 1 spiro atoms. The Bertz CT molecular complexity index is 1000. The van der Waals surface area contributed by atoms with Crippen molar-refractivity contribution in [1.82, 2.24) is 4.90 Å². The molecule has 184 valence electrons. The number of carbonyl (C=O) groups excluding carboxylic acids is 2. The van der Waals surface area contributed by atoms with Gasteiger partial charge in [-0.2, -0.15) is 0 Å². The van der Waals surface area contributed by atoms with Crippen LogP contribution in [0.15, 0.2) is 36.9 Å². The number of aliphatic hydroxyl groups is 1. The third-order valence-corrected chi connectivity index (χ3v) is 10.1. The minimum absolute atomic E-state index is 0.0340. The number of fused-ring (bicyclic) bond motifs is 1. The van der Waals surface area contributed by atoms with Crippen molar-refractivity contribution < 1.29 is 24.6 Å². The van der Waals surface area contributed by atoms with E-state index in [0.29, 0.717) is 17.1 Å². The Labute approximate surface area is 209 Å². The molecule has 2 N–H and O–H groups in total. The molecule has 34 heavy (non-hydrogen) atoms. The third-order valence-electron chi connectivity index (χ3n) is 7.73. The maximum atomic E-state index is 14.4. The minimum Gasteiger partial charge on any atom is -0.481 e. The predicted octanol–water partition coefficient (Wildman–Crippen LogP) is 3.30. The molecule has 3 aliphatic heterocycles. The Morgan fingerprint density at radius 2 is 2.00 bits per heavy atom. The summed E-state index contributed by atoms with van der Waals surface area (Å²) in [4.78, 5) is 43.7. The third kappa shape index (κ3) is 3.57. The SMILES string of the molecule is C=CCN(C(=O)C1N([C@@H](CO)C(C)C)C(=O)[C@@H]2[C@@H](C(=O)O)[C@H]3CC(C)C12S3)c1ccc(Cl)cc1. The number of likely N-dealkylation sites (tertiary alicyclic amines) is 1. The highest BCUT2D eigenvalue weighted by Gasteiger charge is 2.77. The topological polar surface area (TPSA) is 98.2 Å². The summed E-state index contributed by atoms with van der Waals surface area (Å²) in [5, 5.41) is 20.6. The van der Waals surface area contributed by atoms with Crippen molar-refractivity contribution in [2.45, 2.75) is 49.3 Å². The molecule has 3 fully saturated rings. The lowest BCUT2D eigenvalue weighted by molar-refractivity contribution is -0.150. The number of carboxylic acid groups (broad SMARTS) is 1. The molecule has 3 heterocycles. The van der Waals surface area contributed by atoms with E-state index in [0.717, 1.165) is 0 Å². The number of hydrogen-bond donors (Lipinski definition) is 2. The highest BCUT2D eigenvalue weighted by Crippen LogP contribution is 2.69. The zero-order valence-electron chi connectivity index (χ0n) is 19.6. The van der Waals surface area contributed by atoms with Crippen LogP contribution in [0.5, 0.6) is 0 Å². The number of nitrogens with zero attached hydrogens (tertiary/aromatic N) is 2. The van der Waals surface area contributed by atoms with Crippen molar-refractivity contribution in [3.63, 3.8) is 0 Å². The molecule has 9 heteroatoms. The standard InChI is InChI=1S/C25H31ClN2O5S/c1-5-10-27(16-8-6-15(26)7-9-16)23(31)21-25-14(4)11-18(34-25)19(24(32)33)20(25)22(30)28(21)17(12-29)13(2)3/h5-9,13-14,17-21,29H,1,10-12H2,2-4H3,(H,32,33)/t14?,17-,18+,19-,20-,21?,25?/m0/s1. The smallest absolute Gasteiger partial charge is 0.308 e.